The summed E-state index contributed by atoms with van der Waals surface area (Å²) >= 11 is 0. The smallest absolute Gasteiger partial charge is 0.313 e. The highest BCUT2D eigenvalue weighted by Gasteiger charge is 2.32. The van der Waals surface area contributed by atoms with E-state index in [0.717, 1.165) is 16.3 Å². The molecule has 0 aliphatic carbocycles. The van der Waals surface area contributed by atoms with E-state index in [2.05, 4.69) is 5.32 Å². The molecule has 0 spiro atoms. The summed E-state index contributed by atoms with van der Waals surface area (Å²) < 4.78 is 27.4. The Kier molecular flexibility index (Phi) is 5.99. The van der Waals surface area contributed by atoms with Crippen LogP contribution in [-0.2, 0) is 19.6 Å². The van der Waals surface area contributed by atoms with E-state index in [9.17, 15) is 18.0 Å². The van der Waals surface area contributed by atoms with Gasteiger partial charge in [0.15, 0.2) is 0 Å². The number of aryl methyl sites for hydroxylation is 2. The van der Waals surface area contributed by atoms with Gasteiger partial charge in [0, 0.05) is 31.9 Å². The van der Waals surface area contributed by atoms with Crippen molar-refractivity contribution >= 4 is 38.3 Å². The maximum absolute atomic E-state index is 13.0. The number of rotatable bonds is 3. The van der Waals surface area contributed by atoms with Crippen molar-refractivity contribution in [3.8, 4) is 0 Å². The van der Waals surface area contributed by atoms with Crippen molar-refractivity contribution in [3.05, 3.63) is 71.8 Å². The van der Waals surface area contributed by atoms with Crippen LogP contribution in [0.5, 0.6) is 0 Å². The first-order chi connectivity index (χ1) is 15.3. The largest absolute Gasteiger partial charge is 0.332 e. The van der Waals surface area contributed by atoms with Gasteiger partial charge in [0.25, 0.3) is 0 Å². The van der Waals surface area contributed by atoms with Crippen molar-refractivity contribution in [3.63, 3.8) is 0 Å². The van der Waals surface area contributed by atoms with E-state index in [-0.39, 0.29) is 31.1 Å². The zero-order valence-corrected chi connectivity index (χ0v) is 18.9. The highest BCUT2D eigenvalue weighted by Crippen LogP contribution is 2.23. The lowest BCUT2D eigenvalue weighted by Crippen LogP contribution is -2.52. The highest BCUT2D eigenvalue weighted by molar-refractivity contribution is 7.89. The SMILES string of the molecule is Cc1ccc(S(=O)(=O)N2CCN(C(=O)C(=O)Nc3ccc4ccccc4c3)CC2)c(C)c1. The summed E-state index contributed by atoms with van der Waals surface area (Å²) in [7, 11) is -3.65. The summed E-state index contributed by atoms with van der Waals surface area (Å²) in [6.45, 7) is 4.30. The second-order valence-corrected chi connectivity index (χ2v) is 9.89. The summed E-state index contributed by atoms with van der Waals surface area (Å²) in [5, 5.41) is 4.65. The van der Waals surface area contributed by atoms with Gasteiger partial charge in [-0.25, -0.2) is 8.42 Å². The summed E-state index contributed by atoms with van der Waals surface area (Å²) in [6, 6.07) is 18.4. The van der Waals surface area contributed by atoms with Gasteiger partial charge in [0.1, 0.15) is 0 Å². The molecule has 2 amide bonds. The predicted octanol–water partition coefficient (Wildman–Crippen LogP) is 2.93. The normalized spacial score (nSPS) is 15.0. The molecule has 1 aliphatic rings. The minimum Gasteiger partial charge on any atom is -0.332 e. The highest BCUT2D eigenvalue weighted by atomic mass is 32.2. The van der Waals surface area contributed by atoms with Crippen LogP contribution in [0.2, 0.25) is 0 Å². The van der Waals surface area contributed by atoms with Crippen LogP contribution < -0.4 is 5.32 Å². The molecule has 1 saturated heterocycles. The third-order valence-corrected chi connectivity index (χ3v) is 7.73. The Balaban J connectivity index is 1.39. The fraction of sp³-hybridized carbons (Fsp3) is 0.250. The van der Waals surface area contributed by atoms with E-state index in [0.29, 0.717) is 11.3 Å². The summed E-state index contributed by atoms with van der Waals surface area (Å²) in [5.41, 5.74) is 2.23. The summed E-state index contributed by atoms with van der Waals surface area (Å²) in [4.78, 5) is 26.8. The minimum absolute atomic E-state index is 0.143. The van der Waals surface area contributed by atoms with E-state index >= 15 is 0 Å². The number of sulfonamides is 1. The second kappa shape index (κ2) is 8.72. The fourth-order valence-electron chi connectivity index (χ4n) is 3.95. The van der Waals surface area contributed by atoms with Crippen molar-refractivity contribution in [1.29, 1.82) is 0 Å². The molecule has 7 nitrogen and oxygen atoms in total. The number of anilines is 1. The molecule has 0 aromatic heterocycles. The van der Waals surface area contributed by atoms with E-state index in [1.54, 1.807) is 25.1 Å². The maximum atomic E-state index is 13.0. The van der Waals surface area contributed by atoms with Gasteiger partial charge in [-0.2, -0.15) is 4.31 Å². The van der Waals surface area contributed by atoms with Crippen LogP contribution in [0, 0.1) is 13.8 Å². The molecule has 0 radical (unpaired) electrons. The molecule has 1 heterocycles. The van der Waals surface area contributed by atoms with Gasteiger partial charge in [-0.1, -0.05) is 48.0 Å². The van der Waals surface area contributed by atoms with Crippen molar-refractivity contribution in [1.82, 2.24) is 9.21 Å². The molecule has 0 unspecified atom stereocenters. The maximum Gasteiger partial charge on any atom is 0.313 e. The Morgan fingerprint density at radius 2 is 1.53 bits per heavy atom. The molecule has 8 heteroatoms. The first-order valence-electron chi connectivity index (χ1n) is 10.4. The Morgan fingerprint density at radius 1 is 0.844 bits per heavy atom. The number of nitrogens with one attached hydrogen (secondary N) is 1. The number of carbonyl (C=O) groups excluding carboxylic acids is 2. The first kappa shape index (κ1) is 22.0. The van der Waals surface area contributed by atoms with Gasteiger partial charge in [0.05, 0.1) is 4.90 Å². The lowest BCUT2D eigenvalue weighted by atomic mass is 10.1. The average Bonchev–Trinajstić information content (AvgIpc) is 2.78. The molecular formula is C24H25N3O4S. The molecule has 1 fully saturated rings. The van der Waals surface area contributed by atoms with Gasteiger partial charge in [-0.05, 0) is 48.4 Å². The molecule has 3 aromatic carbocycles. The van der Waals surface area contributed by atoms with E-state index in [1.165, 1.54) is 9.21 Å². The number of nitrogens with zero attached hydrogens (tertiary/aromatic N) is 2. The summed E-state index contributed by atoms with van der Waals surface area (Å²) in [5.74, 6) is -1.40. The molecule has 0 saturated carbocycles. The lowest BCUT2D eigenvalue weighted by molar-refractivity contribution is -0.143. The fourth-order valence-corrected chi connectivity index (χ4v) is 5.58. The van der Waals surface area contributed by atoms with Gasteiger partial charge >= 0.3 is 11.8 Å². The zero-order chi connectivity index (χ0) is 22.9. The van der Waals surface area contributed by atoms with Crippen LogP contribution in [0.25, 0.3) is 10.8 Å². The first-order valence-corrected chi connectivity index (χ1v) is 11.9. The van der Waals surface area contributed by atoms with Gasteiger partial charge in [-0.15, -0.1) is 0 Å². The molecule has 1 N–H and O–H groups in total. The van der Waals surface area contributed by atoms with E-state index in [4.69, 9.17) is 0 Å². The van der Waals surface area contributed by atoms with Crippen LogP contribution in [0.1, 0.15) is 11.1 Å². The summed E-state index contributed by atoms with van der Waals surface area (Å²) in [6.07, 6.45) is 0. The number of amides is 2. The predicted molar refractivity (Wildman–Crippen MR) is 124 cm³/mol. The second-order valence-electron chi connectivity index (χ2n) is 7.98. The van der Waals surface area contributed by atoms with E-state index < -0.39 is 21.8 Å². The third-order valence-electron chi connectivity index (χ3n) is 5.68. The number of piperazine rings is 1. The number of carbonyl (C=O) groups is 2. The van der Waals surface area contributed by atoms with Crippen molar-refractivity contribution in [2.24, 2.45) is 0 Å². The van der Waals surface area contributed by atoms with Crippen molar-refractivity contribution in [2.45, 2.75) is 18.7 Å². The van der Waals surface area contributed by atoms with Crippen LogP contribution in [-0.4, -0.2) is 55.6 Å². The lowest BCUT2D eigenvalue weighted by Gasteiger charge is -2.33. The number of benzene rings is 3. The number of hydrogen-bond acceptors (Lipinski definition) is 4. The van der Waals surface area contributed by atoms with Gasteiger partial charge in [0.2, 0.25) is 10.0 Å². The minimum atomic E-state index is -3.65. The van der Waals surface area contributed by atoms with Crippen LogP contribution in [0.3, 0.4) is 0 Å². The quantitative estimate of drug-likeness (QED) is 0.621. The Morgan fingerprint density at radius 3 is 2.22 bits per heavy atom. The molecule has 0 bridgehead atoms. The monoisotopic (exact) mass is 451 g/mol. The van der Waals surface area contributed by atoms with Crippen LogP contribution in [0.4, 0.5) is 5.69 Å². The van der Waals surface area contributed by atoms with Crippen LogP contribution >= 0.6 is 0 Å². The topological polar surface area (TPSA) is 86.8 Å². The van der Waals surface area contributed by atoms with Gasteiger partial charge < -0.3 is 10.2 Å². The molecule has 3 aromatic rings. The third kappa shape index (κ3) is 4.37. The molecule has 4 rings (SSSR count). The zero-order valence-electron chi connectivity index (χ0n) is 18.0. The van der Waals surface area contributed by atoms with E-state index in [1.807, 2.05) is 49.4 Å². The number of hydrogen-bond donors (Lipinski definition) is 1. The van der Waals surface area contributed by atoms with Crippen molar-refractivity contribution < 1.29 is 18.0 Å². The molecule has 166 valence electrons. The Hall–Kier alpha value is -3.23. The molecule has 0 atom stereocenters. The van der Waals surface area contributed by atoms with Gasteiger partial charge in [-0.3, -0.25) is 9.59 Å². The molecular weight excluding hydrogens is 426 g/mol. The van der Waals surface area contributed by atoms with Crippen LogP contribution in [0.15, 0.2) is 65.6 Å². The molecule has 1 aliphatic heterocycles. The van der Waals surface area contributed by atoms with Crippen molar-refractivity contribution in [2.75, 3.05) is 31.5 Å². The Labute approximate surface area is 187 Å². The average molecular weight is 452 g/mol. The number of fused-ring (bicyclic) bond motifs is 1. The Bertz CT molecular complexity index is 1300. The molecule has 32 heavy (non-hydrogen) atoms. The standard InChI is InChI=1S/C24H25N3O4S/c1-17-7-10-22(18(2)15-17)32(30,31)27-13-11-26(12-14-27)24(29)23(28)25-21-9-8-19-5-3-4-6-20(19)16-21/h3-10,15-16H,11-14H2,1-2H3,(H,25,28).